The molecule has 4 rings (SSSR count). The largest absolute Gasteiger partial charge is 0.493 e. The number of carbonyl (C=O) groups is 2. The van der Waals surface area contributed by atoms with Gasteiger partial charge >= 0.3 is 0 Å². The molecule has 32 heavy (non-hydrogen) atoms. The van der Waals surface area contributed by atoms with Crippen LogP contribution >= 0.6 is 15.9 Å². The van der Waals surface area contributed by atoms with Gasteiger partial charge in [-0.15, -0.1) is 0 Å². The van der Waals surface area contributed by atoms with Crippen LogP contribution in [-0.2, 0) is 16.1 Å². The number of carbonyl (C=O) groups excluding carboxylic acids is 2. The molecule has 1 heterocycles. The number of methoxy groups -OCH3 is 1. The van der Waals surface area contributed by atoms with Crippen LogP contribution in [0.1, 0.15) is 5.56 Å². The van der Waals surface area contributed by atoms with E-state index in [9.17, 15) is 9.59 Å². The summed E-state index contributed by atoms with van der Waals surface area (Å²) in [7, 11) is 1.54. The Bertz CT molecular complexity index is 1130. The fourth-order valence-corrected chi connectivity index (χ4v) is 3.57. The topological polar surface area (TPSA) is 77.1 Å². The van der Waals surface area contributed by atoms with Gasteiger partial charge in [0.25, 0.3) is 11.8 Å². The lowest BCUT2D eigenvalue weighted by Gasteiger charge is -2.30. The van der Waals surface area contributed by atoms with Crippen molar-refractivity contribution >= 4 is 39.1 Å². The molecule has 7 nitrogen and oxygen atoms in total. The quantitative estimate of drug-likeness (QED) is 0.524. The Labute approximate surface area is 194 Å². The standard InChI is InChI=1S/C24H21BrN2O5/c1-30-21-4-2-3-5-22(21)31-14-23(28)26-18-10-11-20-19(12-18)27(24(29)15-32-20)13-16-6-8-17(25)9-7-16/h2-12H,13-15H2,1H3,(H,26,28). The van der Waals surface area contributed by atoms with Crippen LogP contribution in [0.4, 0.5) is 11.4 Å². The fourth-order valence-electron chi connectivity index (χ4n) is 3.30. The van der Waals surface area contributed by atoms with Gasteiger partial charge in [0.05, 0.1) is 19.3 Å². The molecule has 0 aliphatic carbocycles. The number of rotatable bonds is 7. The summed E-state index contributed by atoms with van der Waals surface area (Å²) in [4.78, 5) is 26.6. The van der Waals surface area contributed by atoms with Crippen LogP contribution < -0.4 is 24.4 Å². The molecular weight excluding hydrogens is 476 g/mol. The third-order valence-corrected chi connectivity index (χ3v) is 5.40. The van der Waals surface area contributed by atoms with E-state index >= 15 is 0 Å². The highest BCUT2D eigenvalue weighted by Crippen LogP contribution is 2.35. The smallest absolute Gasteiger partial charge is 0.265 e. The second-order valence-electron chi connectivity index (χ2n) is 7.07. The number of hydrogen-bond acceptors (Lipinski definition) is 5. The van der Waals surface area contributed by atoms with E-state index in [1.54, 1.807) is 48.4 Å². The Kier molecular flexibility index (Phi) is 6.61. The summed E-state index contributed by atoms with van der Waals surface area (Å²) in [6.45, 7) is 0.189. The summed E-state index contributed by atoms with van der Waals surface area (Å²) >= 11 is 3.42. The first-order chi connectivity index (χ1) is 15.5. The molecule has 0 spiro atoms. The van der Waals surface area contributed by atoms with Crippen molar-refractivity contribution in [1.82, 2.24) is 0 Å². The van der Waals surface area contributed by atoms with Crippen LogP contribution in [0.25, 0.3) is 0 Å². The minimum Gasteiger partial charge on any atom is -0.493 e. The Morgan fingerprint density at radius 2 is 1.84 bits per heavy atom. The predicted octanol–water partition coefficient (Wildman–Crippen LogP) is 4.40. The summed E-state index contributed by atoms with van der Waals surface area (Å²) in [6, 6.07) is 20.1. The van der Waals surface area contributed by atoms with Gasteiger partial charge in [0.1, 0.15) is 5.75 Å². The number of anilines is 2. The van der Waals surface area contributed by atoms with Gasteiger partial charge in [-0.3, -0.25) is 9.59 Å². The van der Waals surface area contributed by atoms with E-state index in [0.29, 0.717) is 35.2 Å². The Balaban J connectivity index is 1.47. The molecule has 0 atom stereocenters. The number of nitrogens with zero attached hydrogens (tertiary/aromatic N) is 1. The minimum absolute atomic E-state index is 0.0258. The average Bonchev–Trinajstić information content (AvgIpc) is 2.81. The van der Waals surface area contributed by atoms with Crippen molar-refractivity contribution in [2.45, 2.75) is 6.54 Å². The number of halogens is 1. The van der Waals surface area contributed by atoms with Crippen molar-refractivity contribution in [2.75, 3.05) is 30.5 Å². The van der Waals surface area contributed by atoms with Crippen LogP contribution in [0.3, 0.4) is 0 Å². The van der Waals surface area contributed by atoms with E-state index in [1.807, 2.05) is 30.3 Å². The number of fused-ring (bicyclic) bond motifs is 1. The Morgan fingerprint density at radius 3 is 2.59 bits per heavy atom. The molecule has 2 amide bonds. The van der Waals surface area contributed by atoms with Crippen LogP contribution in [0, 0.1) is 0 Å². The van der Waals surface area contributed by atoms with Gasteiger partial charge in [-0.05, 0) is 48.0 Å². The summed E-state index contributed by atoms with van der Waals surface area (Å²) in [5.74, 6) is 1.13. The molecule has 164 valence electrons. The zero-order valence-electron chi connectivity index (χ0n) is 17.3. The van der Waals surface area contributed by atoms with Crippen LogP contribution in [0.5, 0.6) is 17.2 Å². The number of para-hydroxylation sites is 2. The van der Waals surface area contributed by atoms with Crippen molar-refractivity contribution in [1.29, 1.82) is 0 Å². The van der Waals surface area contributed by atoms with Crippen molar-refractivity contribution < 1.29 is 23.8 Å². The zero-order chi connectivity index (χ0) is 22.5. The number of ether oxygens (including phenoxy) is 3. The van der Waals surface area contributed by atoms with Gasteiger partial charge in [-0.25, -0.2) is 0 Å². The average molecular weight is 497 g/mol. The molecule has 0 saturated carbocycles. The highest BCUT2D eigenvalue weighted by atomic mass is 79.9. The summed E-state index contributed by atoms with van der Waals surface area (Å²) in [6.07, 6.45) is 0. The van der Waals surface area contributed by atoms with E-state index in [2.05, 4.69) is 21.2 Å². The molecule has 1 aliphatic heterocycles. The maximum absolute atomic E-state index is 12.6. The maximum Gasteiger partial charge on any atom is 0.265 e. The lowest BCUT2D eigenvalue weighted by Crippen LogP contribution is -2.38. The Morgan fingerprint density at radius 1 is 1.09 bits per heavy atom. The van der Waals surface area contributed by atoms with Gasteiger partial charge in [0.15, 0.2) is 24.7 Å². The zero-order valence-corrected chi connectivity index (χ0v) is 18.9. The molecule has 3 aromatic carbocycles. The van der Waals surface area contributed by atoms with Crippen LogP contribution in [0.15, 0.2) is 71.2 Å². The molecule has 8 heteroatoms. The van der Waals surface area contributed by atoms with Crippen molar-refractivity contribution in [3.8, 4) is 17.2 Å². The lowest BCUT2D eigenvalue weighted by molar-refractivity contribution is -0.121. The second-order valence-corrected chi connectivity index (χ2v) is 7.98. The first kappa shape index (κ1) is 21.7. The molecule has 1 aliphatic rings. The molecule has 0 fully saturated rings. The predicted molar refractivity (Wildman–Crippen MR) is 124 cm³/mol. The molecule has 0 aromatic heterocycles. The number of amides is 2. The van der Waals surface area contributed by atoms with Gasteiger partial charge < -0.3 is 24.4 Å². The molecule has 3 aromatic rings. The first-order valence-electron chi connectivity index (χ1n) is 9.91. The SMILES string of the molecule is COc1ccccc1OCC(=O)Nc1ccc2c(c1)N(Cc1ccc(Br)cc1)C(=O)CO2. The monoisotopic (exact) mass is 496 g/mol. The van der Waals surface area contributed by atoms with Crippen LogP contribution in [-0.4, -0.2) is 32.1 Å². The van der Waals surface area contributed by atoms with E-state index in [4.69, 9.17) is 14.2 Å². The van der Waals surface area contributed by atoms with Gasteiger partial charge in [0, 0.05) is 10.2 Å². The summed E-state index contributed by atoms with van der Waals surface area (Å²) in [5.41, 5.74) is 2.12. The molecule has 0 saturated heterocycles. The normalized spacial score (nSPS) is 12.6. The summed E-state index contributed by atoms with van der Waals surface area (Å²) in [5, 5.41) is 2.80. The molecule has 0 radical (unpaired) electrons. The van der Waals surface area contributed by atoms with Crippen molar-refractivity contribution in [3.63, 3.8) is 0 Å². The second kappa shape index (κ2) is 9.74. The van der Waals surface area contributed by atoms with E-state index < -0.39 is 0 Å². The number of hydrogen-bond donors (Lipinski definition) is 1. The van der Waals surface area contributed by atoms with Gasteiger partial charge in [0.2, 0.25) is 0 Å². The van der Waals surface area contributed by atoms with Crippen LogP contribution in [0.2, 0.25) is 0 Å². The third kappa shape index (κ3) is 5.03. The van der Waals surface area contributed by atoms with Gasteiger partial charge in [-0.2, -0.15) is 0 Å². The molecule has 0 bridgehead atoms. The highest BCUT2D eigenvalue weighted by Gasteiger charge is 2.26. The van der Waals surface area contributed by atoms with E-state index in [1.165, 1.54) is 0 Å². The maximum atomic E-state index is 12.6. The molecule has 1 N–H and O–H groups in total. The third-order valence-electron chi connectivity index (χ3n) is 4.87. The van der Waals surface area contributed by atoms with E-state index in [0.717, 1.165) is 10.0 Å². The molecule has 0 unspecified atom stereocenters. The summed E-state index contributed by atoms with van der Waals surface area (Å²) < 4.78 is 17.3. The number of nitrogens with one attached hydrogen (secondary N) is 1. The van der Waals surface area contributed by atoms with Crippen molar-refractivity contribution in [3.05, 3.63) is 76.8 Å². The highest BCUT2D eigenvalue weighted by molar-refractivity contribution is 9.10. The fraction of sp³-hybridized carbons (Fsp3) is 0.167. The van der Waals surface area contributed by atoms with Gasteiger partial charge in [-0.1, -0.05) is 40.2 Å². The minimum atomic E-state index is -0.335. The molecular formula is C24H21BrN2O5. The lowest BCUT2D eigenvalue weighted by atomic mass is 10.1. The van der Waals surface area contributed by atoms with E-state index in [-0.39, 0.29) is 25.0 Å². The number of benzene rings is 3. The first-order valence-corrected chi connectivity index (χ1v) is 10.7. The van der Waals surface area contributed by atoms with Crippen molar-refractivity contribution in [2.24, 2.45) is 0 Å². The Hall–Kier alpha value is -3.52.